The van der Waals surface area contributed by atoms with Crippen molar-refractivity contribution in [3.8, 4) is 5.75 Å². The van der Waals surface area contributed by atoms with Crippen molar-refractivity contribution in [2.45, 2.75) is 13.0 Å². The van der Waals surface area contributed by atoms with Crippen molar-refractivity contribution in [1.29, 1.82) is 0 Å². The summed E-state index contributed by atoms with van der Waals surface area (Å²) in [6.07, 6.45) is 0. The first-order chi connectivity index (χ1) is 14.8. The molecular formula is C22H16Cl2N2O5. The van der Waals surface area contributed by atoms with E-state index in [2.05, 4.69) is 5.16 Å². The van der Waals surface area contributed by atoms with Crippen LogP contribution < -0.4 is 9.64 Å². The fraction of sp³-hybridized carbons (Fsp3) is 0.136. The predicted molar refractivity (Wildman–Crippen MR) is 115 cm³/mol. The molecule has 31 heavy (non-hydrogen) atoms. The highest BCUT2D eigenvalue weighted by molar-refractivity contribution is 6.51. The summed E-state index contributed by atoms with van der Waals surface area (Å²) in [4.78, 5) is 27.2. The van der Waals surface area contributed by atoms with E-state index in [0.717, 1.165) is 0 Å². The molecule has 1 N–H and O–H groups in total. The molecule has 0 radical (unpaired) electrons. The topological polar surface area (TPSA) is 92.9 Å². The molecule has 7 nitrogen and oxygen atoms in total. The number of rotatable bonds is 4. The van der Waals surface area contributed by atoms with E-state index in [9.17, 15) is 14.7 Å². The van der Waals surface area contributed by atoms with Crippen molar-refractivity contribution in [3.63, 3.8) is 0 Å². The summed E-state index contributed by atoms with van der Waals surface area (Å²) in [6.45, 7) is 1.67. The van der Waals surface area contributed by atoms with Crippen LogP contribution in [0.2, 0.25) is 10.0 Å². The minimum absolute atomic E-state index is 0.103. The second-order valence-electron chi connectivity index (χ2n) is 6.87. The molecule has 4 rings (SSSR count). The van der Waals surface area contributed by atoms with Gasteiger partial charge in [0, 0.05) is 16.7 Å². The van der Waals surface area contributed by atoms with Gasteiger partial charge in [0.15, 0.2) is 5.82 Å². The van der Waals surface area contributed by atoms with Gasteiger partial charge in [0.1, 0.15) is 17.3 Å². The van der Waals surface area contributed by atoms with Crippen LogP contribution in [0.15, 0.2) is 58.6 Å². The first kappa shape index (κ1) is 21.0. The first-order valence-corrected chi connectivity index (χ1v) is 9.91. The Balaban J connectivity index is 1.93. The Bertz CT molecular complexity index is 1220. The van der Waals surface area contributed by atoms with Gasteiger partial charge in [-0.2, -0.15) is 0 Å². The quantitative estimate of drug-likeness (QED) is 0.338. The van der Waals surface area contributed by atoms with Gasteiger partial charge < -0.3 is 14.4 Å². The Morgan fingerprint density at radius 2 is 1.84 bits per heavy atom. The Morgan fingerprint density at radius 3 is 2.42 bits per heavy atom. The maximum atomic E-state index is 13.0. The van der Waals surface area contributed by atoms with Gasteiger partial charge in [-0.1, -0.05) is 40.5 Å². The molecule has 2 heterocycles. The number of aliphatic hydroxyl groups excluding tert-OH is 1. The summed E-state index contributed by atoms with van der Waals surface area (Å²) in [5, 5.41) is 15.7. The van der Waals surface area contributed by atoms with Crippen LogP contribution >= 0.6 is 23.2 Å². The fourth-order valence-electron chi connectivity index (χ4n) is 3.47. The highest BCUT2D eigenvalue weighted by Crippen LogP contribution is 2.42. The molecule has 1 saturated heterocycles. The maximum absolute atomic E-state index is 13.0. The molecular weight excluding hydrogens is 443 g/mol. The summed E-state index contributed by atoms with van der Waals surface area (Å²) in [5.74, 6) is -1.03. The average Bonchev–Trinajstić information content (AvgIpc) is 3.29. The number of anilines is 1. The van der Waals surface area contributed by atoms with Crippen LogP contribution in [0.1, 0.15) is 22.9 Å². The number of hydrogen-bond donors (Lipinski definition) is 1. The molecule has 1 atom stereocenters. The van der Waals surface area contributed by atoms with Crippen LogP contribution in [0.5, 0.6) is 5.75 Å². The number of halogens is 2. The number of hydrogen-bond acceptors (Lipinski definition) is 6. The molecule has 1 aromatic heterocycles. The van der Waals surface area contributed by atoms with Crippen LogP contribution in [0.25, 0.3) is 5.76 Å². The molecule has 0 bridgehead atoms. The third-order valence-electron chi connectivity index (χ3n) is 4.92. The number of carbonyl (C=O) groups excluding carboxylic acids is 2. The van der Waals surface area contributed by atoms with Gasteiger partial charge in [0.2, 0.25) is 0 Å². The monoisotopic (exact) mass is 458 g/mol. The third kappa shape index (κ3) is 3.66. The number of aliphatic hydroxyl groups is 1. The Labute approximate surface area is 187 Å². The van der Waals surface area contributed by atoms with Crippen molar-refractivity contribution < 1.29 is 24.0 Å². The zero-order valence-electron chi connectivity index (χ0n) is 16.4. The molecule has 1 aliphatic rings. The zero-order chi connectivity index (χ0) is 22.3. The lowest BCUT2D eigenvalue weighted by Crippen LogP contribution is -2.29. The van der Waals surface area contributed by atoms with Gasteiger partial charge in [-0.25, -0.2) is 0 Å². The summed E-state index contributed by atoms with van der Waals surface area (Å²) in [7, 11) is 1.46. The van der Waals surface area contributed by atoms with E-state index in [1.54, 1.807) is 49.4 Å². The lowest BCUT2D eigenvalue weighted by Gasteiger charge is -2.23. The fourth-order valence-corrected chi connectivity index (χ4v) is 3.85. The number of ketones is 1. The number of Topliss-reactive ketones (excluding diaryl/α,β-unsaturated/α-hetero) is 1. The van der Waals surface area contributed by atoms with Gasteiger partial charge in [-0.05, 0) is 42.8 Å². The maximum Gasteiger partial charge on any atom is 0.301 e. The molecule has 1 unspecified atom stereocenters. The zero-order valence-corrected chi connectivity index (χ0v) is 17.9. The van der Waals surface area contributed by atoms with E-state index in [0.29, 0.717) is 22.1 Å². The number of ether oxygens (including phenoxy) is 1. The summed E-state index contributed by atoms with van der Waals surface area (Å²) >= 11 is 12.2. The number of carbonyl (C=O) groups is 2. The van der Waals surface area contributed by atoms with Crippen molar-refractivity contribution in [1.82, 2.24) is 5.16 Å². The van der Waals surface area contributed by atoms with Crippen LogP contribution in [0.4, 0.5) is 5.82 Å². The Hall–Kier alpha value is -3.29. The lowest BCUT2D eigenvalue weighted by atomic mass is 9.95. The van der Waals surface area contributed by atoms with Gasteiger partial charge in [-0.3, -0.25) is 14.5 Å². The molecule has 3 aromatic rings. The first-order valence-electron chi connectivity index (χ1n) is 9.15. The molecule has 1 fully saturated rings. The van der Waals surface area contributed by atoms with E-state index in [4.69, 9.17) is 32.5 Å². The second-order valence-corrected chi connectivity index (χ2v) is 7.71. The van der Waals surface area contributed by atoms with Crippen molar-refractivity contribution in [3.05, 3.63) is 81.0 Å². The largest absolute Gasteiger partial charge is 0.507 e. The van der Waals surface area contributed by atoms with Crippen molar-refractivity contribution >= 4 is 46.5 Å². The number of nitrogens with zero attached hydrogens (tertiary/aromatic N) is 2. The van der Waals surface area contributed by atoms with E-state index in [1.807, 2.05) is 0 Å². The predicted octanol–water partition coefficient (Wildman–Crippen LogP) is 4.92. The lowest BCUT2D eigenvalue weighted by molar-refractivity contribution is -0.132. The van der Waals surface area contributed by atoms with Crippen LogP contribution in [0.3, 0.4) is 0 Å². The highest BCUT2D eigenvalue weighted by atomic mass is 35.5. The standard InChI is InChI=1S/C22H16Cl2N2O5/c1-11-9-17(25-31-11)26-19(12-3-6-14(23)7-4-12)18(21(28)22(26)29)20(27)13-5-8-16(30-2)15(24)10-13/h3-10,19,27H,1-2H3. The summed E-state index contributed by atoms with van der Waals surface area (Å²) < 4.78 is 10.2. The number of aryl methyl sites for hydroxylation is 1. The minimum atomic E-state index is -0.942. The molecule has 0 aliphatic carbocycles. The van der Waals surface area contributed by atoms with Crippen LogP contribution in [-0.2, 0) is 9.59 Å². The van der Waals surface area contributed by atoms with Gasteiger partial charge in [0.05, 0.1) is 23.7 Å². The average molecular weight is 459 g/mol. The van der Waals surface area contributed by atoms with Crippen molar-refractivity contribution in [2.24, 2.45) is 0 Å². The minimum Gasteiger partial charge on any atom is -0.507 e. The van der Waals surface area contributed by atoms with Gasteiger partial charge in [-0.15, -0.1) is 0 Å². The number of amides is 1. The Morgan fingerprint density at radius 1 is 1.13 bits per heavy atom. The van der Waals surface area contributed by atoms with E-state index < -0.39 is 17.7 Å². The van der Waals surface area contributed by atoms with Crippen LogP contribution in [-0.4, -0.2) is 29.1 Å². The van der Waals surface area contributed by atoms with Crippen molar-refractivity contribution in [2.75, 3.05) is 12.0 Å². The molecule has 158 valence electrons. The molecule has 1 aliphatic heterocycles. The smallest absolute Gasteiger partial charge is 0.301 e. The second kappa shape index (κ2) is 8.09. The normalized spacial score (nSPS) is 17.9. The van der Waals surface area contributed by atoms with E-state index in [-0.39, 0.29) is 27.7 Å². The number of methoxy groups -OCH3 is 1. The Kier molecular flexibility index (Phi) is 5.47. The molecule has 9 heteroatoms. The number of benzene rings is 2. The van der Waals surface area contributed by atoms with E-state index >= 15 is 0 Å². The SMILES string of the molecule is COc1ccc(C(O)=C2C(=O)C(=O)N(c3cc(C)on3)C2c2ccc(Cl)cc2)cc1Cl. The number of aromatic nitrogens is 1. The van der Waals surface area contributed by atoms with Gasteiger partial charge >= 0.3 is 5.91 Å². The molecule has 0 saturated carbocycles. The van der Waals surface area contributed by atoms with Crippen LogP contribution in [0, 0.1) is 6.92 Å². The summed E-state index contributed by atoms with van der Waals surface area (Å²) in [5.41, 5.74) is 0.721. The van der Waals surface area contributed by atoms with Gasteiger partial charge in [0.25, 0.3) is 5.78 Å². The summed E-state index contributed by atoms with van der Waals surface area (Å²) in [6, 6.07) is 11.8. The molecule has 2 aromatic carbocycles. The highest BCUT2D eigenvalue weighted by Gasteiger charge is 2.48. The van der Waals surface area contributed by atoms with E-state index in [1.165, 1.54) is 18.1 Å². The molecule has 0 spiro atoms. The third-order valence-corrected chi connectivity index (χ3v) is 5.47. The molecule has 1 amide bonds.